The van der Waals surface area contributed by atoms with E-state index in [1.54, 1.807) is 23.0 Å². The molecule has 2 aromatic heterocycles. The van der Waals surface area contributed by atoms with Crippen LogP contribution in [0, 0.1) is 0 Å². The summed E-state index contributed by atoms with van der Waals surface area (Å²) in [5.41, 5.74) is 2.01. The normalized spacial score (nSPS) is 10.8. The molecule has 0 atom stereocenters. The lowest BCUT2D eigenvalue weighted by atomic mass is 10.1. The molecule has 0 unspecified atom stereocenters. The summed E-state index contributed by atoms with van der Waals surface area (Å²) >= 11 is 3.39. The first kappa shape index (κ1) is 12.0. The lowest BCUT2D eigenvalue weighted by Crippen LogP contribution is -2.20. The third-order valence-corrected chi connectivity index (χ3v) is 2.97. The van der Waals surface area contributed by atoms with Crippen LogP contribution in [0.25, 0.3) is 11.1 Å². The highest BCUT2D eigenvalue weighted by Gasteiger charge is 2.04. The van der Waals surface area contributed by atoms with Crippen LogP contribution in [-0.2, 0) is 0 Å². The summed E-state index contributed by atoms with van der Waals surface area (Å²) in [6, 6.07) is 5.56. The summed E-state index contributed by atoms with van der Waals surface area (Å²) in [4.78, 5) is 15.8. The molecule has 0 saturated carbocycles. The molecule has 4 heteroatoms. The largest absolute Gasteiger partial charge is 0.312 e. The molecule has 0 aliphatic heterocycles. The molecule has 0 saturated heterocycles. The molecule has 3 nitrogen and oxygen atoms in total. The first-order valence-electron chi connectivity index (χ1n) is 5.41. The van der Waals surface area contributed by atoms with Gasteiger partial charge < -0.3 is 4.57 Å². The number of halogens is 1. The zero-order valence-corrected chi connectivity index (χ0v) is 11.3. The van der Waals surface area contributed by atoms with Crippen molar-refractivity contribution < 1.29 is 0 Å². The van der Waals surface area contributed by atoms with Crippen molar-refractivity contribution in [2.24, 2.45) is 0 Å². The van der Waals surface area contributed by atoms with E-state index >= 15 is 0 Å². The van der Waals surface area contributed by atoms with Crippen molar-refractivity contribution in [1.82, 2.24) is 9.55 Å². The average molecular weight is 293 g/mol. The van der Waals surface area contributed by atoms with Crippen molar-refractivity contribution in [3.8, 4) is 11.1 Å². The average Bonchev–Trinajstić information content (AvgIpc) is 2.29. The second-order valence-corrected chi connectivity index (χ2v) is 5.06. The Morgan fingerprint density at radius 3 is 2.65 bits per heavy atom. The van der Waals surface area contributed by atoms with Crippen molar-refractivity contribution in [3.63, 3.8) is 0 Å². The van der Waals surface area contributed by atoms with Crippen molar-refractivity contribution in [3.05, 3.63) is 51.6 Å². The highest BCUT2D eigenvalue weighted by Crippen LogP contribution is 2.21. The standard InChI is InChI=1S/C13H13BrN2O/c1-9(2)16-8-10(3-4-13(16)17)11-5-12(14)7-15-6-11/h3-9H,1-2H3. The van der Waals surface area contributed by atoms with Gasteiger partial charge in [-0.15, -0.1) is 0 Å². The van der Waals surface area contributed by atoms with Crippen LogP contribution in [0.2, 0.25) is 0 Å². The Bertz CT molecular complexity index is 590. The second-order valence-electron chi connectivity index (χ2n) is 4.15. The number of hydrogen-bond acceptors (Lipinski definition) is 2. The van der Waals surface area contributed by atoms with Crippen molar-refractivity contribution >= 4 is 15.9 Å². The molecule has 0 fully saturated rings. The van der Waals surface area contributed by atoms with Gasteiger partial charge in [0.1, 0.15) is 0 Å². The monoisotopic (exact) mass is 292 g/mol. The van der Waals surface area contributed by atoms with E-state index in [1.807, 2.05) is 32.2 Å². The maximum Gasteiger partial charge on any atom is 0.250 e. The van der Waals surface area contributed by atoms with Gasteiger partial charge in [-0.3, -0.25) is 9.78 Å². The number of hydrogen-bond donors (Lipinski definition) is 0. The smallest absolute Gasteiger partial charge is 0.250 e. The molecule has 0 aromatic carbocycles. The summed E-state index contributed by atoms with van der Waals surface area (Å²) in [5, 5.41) is 0. The number of pyridine rings is 2. The van der Waals surface area contributed by atoms with Gasteiger partial charge in [0.25, 0.3) is 5.56 Å². The highest BCUT2D eigenvalue weighted by atomic mass is 79.9. The zero-order chi connectivity index (χ0) is 12.4. The number of nitrogens with zero attached hydrogens (tertiary/aromatic N) is 2. The summed E-state index contributed by atoms with van der Waals surface area (Å²) < 4.78 is 2.65. The Balaban J connectivity index is 2.54. The van der Waals surface area contributed by atoms with Crippen LogP contribution >= 0.6 is 15.9 Å². The minimum Gasteiger partial charge on any atom is -0.312 e. The van der Waals surface area contributed by atoms with Crippen LogP contribution in [0.15, 0.2) is 46.1 Å². The third kappa shape index (κ3) is 2.64. The minimum absolute atomic E-state index is 0.0201. The van der Waals surface area contributed by atoms with Crippen LogP contribution in [0.1, 0.15) is 19.9 Å². The van der Waals surface area contributed by atoms with Gasteiger partial charge in [0.05, 0.1) is 0 Å². The van der Waals surface area contributed by atoms with Gasteiger partial charge in [-0.2, -0.15) is 0 Å². The maximum atomic E-state index is 11.6. The van der Waals surface area contributed by atoms with Gasteiger partial charge in [0, 0.05) is 40.7 Å². The molecule has 0 spiro atoms. The molecular formula is C13H13BrN2O. The van der Waals surface area contributed by atoms with Crippen molar-refractivity contribution in [2.45, 2.75) is 19.9 Å². The lowest BCUT2D eigenvalue weighted by Gasteiger charge is -2.11. The molecule has 0 amide bonds. The Labute approximate surface area is 108 Å². The van der Waals surface area contributed by atoms with Gasteiger partial charge in [-0.1, -0.05) is 0 Å². The van der Waals surface area contributed by atoms with E-state index < -0.39 is 0 Å². The van der Waals surface area contributed by atoms with E-state index in [1.165, 1.54) is 0 Å². The van der Waals surface area contributed by atoms with E-state index in [4.69, 9.17) is 0 Å². The lowest BCUT2D eigenvalue weighted by molar-refractivity contribution is 0.579. The maximum absolute atomic E-state index is 11.6. The van der Waals surface area contributed by atoms with E-state index in [-0.39, 0.29) is 11.6 Å². The van der Waals surface area contributed by atoms with Crippen LogP contribution in [0.4, 0.5) is 0 Å². The number of rotatable bonds is 2. The molecule has 0 radical (unpaired) electrons. The van der Waals surface area contributed by atoms with Crippen LogP contribution in [0.5, 0.6) is 0 Å². The fraction of sp³-hybridized carbons (Fsp3) is 0.231. The predicted molar refractivity (Wildman–Crippen MR) is 72.0 cm³/mol. The molecule has 88 valence electrons. The molecule has 0 N–H and O–H groups in total. The molecule has 0 aliphatic carbocycles. The van der Waals surface area contributed by atoms with Crippen molar-refractivity contribution in [1.29, 1.82) is 0 Å². The van der Waals surface area contributed by atoms with E-state index in [0.29, 0.717) is 0 Å². The van der Waals surface area contributed by atoms with Gasteiger partial charge in [-0.05, 0) is 47.5 Å². The van der Waals surface area contributed by atoms with Gasteiger partial charge in [0.15, 0.2) is 0 Å². The highest BCUT2D eigenvalue weighted by molar-refractivity contribution is 9.10. The third-order valence-electron chi connectivity index (χ3n) is 2.53. The molecule has 2 rings (SSSR count). The molecule has 2 aromatic rings. The minimum atomic E-state index is 0.0201. The Kier molecular flexibility index (Phi) is 3.43. The summed E-state index contributed by atoms with van der Waals surface area (Å²) in [6.45, 7) is 3.98. The molecule has 0 bridgehead atoms. The molecule has 0 aliphatic rings. The Morgan fingerprint density at radius 1 is 1.24 bits per heavy atom. The predicted octanol–water partition coefficient (Wildman–Crippen LogP) is 3.25. The Morgan fingerprint density at radius 2 is 2.00 bits per heavy atom. The van der Waals surface area contributed by atoms with E-state index in [9.17, 15) is 4.79 Å². The fourth-order valence-electron chi connectivity index (χ4n) is 1.65. The first-order chi connectivity index (χ1) is 8.08. The topological polar surface area (TPSA) is 34.9 Å². The van der Waals surface area contributed by atoms with Gasteiger partial charge in [-0.25, -0.2) is 0 Å². The quantitative estimate of drug-likeness (QED) is 0.852. The zero-order valence-electron chi connectivity index (χ0n) is 9.72. The second kappa shape index (κ2) is 4.84. The van der Waals surface area contributed by atoms with Gasteiger partial charge in [0.2, 0.25) is 0 Å². The van der Waals surface area contributed by atoms with E-state index in [0.717, 1.165) is 15.6 Å². The van der Waals surface area contributed by atoms with Crippen LogP contribution in [-0.4, -0.2) is 9.55 Å². The molecule has 2 heterocycles. The van der Waals surface area contributed by atoms with Crippen molar-refractivity contribution in [2.75, 3.05) is 0 Å². The summed E-state index contributed by atoms with van der Waals surface area (Å²) in [7, 11) is 0. The fourth-order valence-corrected chi connectivity index (χ4v) is 2.01. The van der Waals surface area contributed by atoms with Gasteiger partial charge >= 0.3 is 0 Å². The summed E-state index contributed by atoms with van der Waals surface area (Å²) in [6.07, 6.45) is 5.40. The van der Waals surface area contributed by atoms with E-state index in [2.05, 4.69) is 20.9 Å². The molecule has 17 heavy (non-hydrogen) atoms. The summed E-state index contributed by atoms with van der Waals surface area (Å²) in [5.74, 6) is 0. The molecular weight excluding hydrogens is 280 g/mol. The SMILES string of the molecule is CC(C)n1cc(-c2cncc(Br)c2)ccc1=O. The first-order valence-corrected chi connectivity index (χ1v) is 6.20. The van der Waals surface area contributed by atoms with Crippen LogP contribution in [0.3, 0.4) is 0 Å². The Hall–Kier alpha value is -1.42. The van der Waals surface area contributed by atoms with Crippen LogP contribution < -0.4 is 5.56 Å². The number of aromatic nitrogens is 2.